The third kappa shape index (κ3) is 4.37. The molecule has 0 radical (unpaired) electrons. The van der Waals surface area contributed by atoms with E-state index in [0.717, 1.165) is 18.6 Å². The lowest BCUT2D eigenvalue weighted by molar-refractivity contribution is -0.144. The number of unbranched alkanes of at least 4 members (excludes halogenated alkanes) is 1. The Labute approximate surface area is 108 Å². The summed E-state index contributed by atoms with van der Waals surface area (Å²) in [7, 11) is 0. The molecule has 0 aliphatic rings. The van der Waals surface area contributed by atoms with Crippen molar-refractivity contribution in [1.29, 1.82) is 0 Å². The maximum absolute atomic E-state index is 11.5. The molecule has 1 aromatic carbocycles. The van der Waals surface area contributed by atoms with Gasteiger partial charge in [0.05, 0.1) is 13.2 Å². The van der Waals surface area contributed by atoms with Gasteiger partial charge in [0.25, 0.3) is 0 Å². The lowest BCUT2D eigenvalue weighted by Crippen LogP contribution is -2.23. The zero-order chi connectivity index (χ0) is 13.4. The summed E-state index contributed by atoms with van der Waals surface area (Å²) in [4.78, 5) is 11.5. The molecule has 0 saturated carbocycles. The van der Waals surface area contributed by atoms with Gasteiger partial charge in [0.2, 0.25) is 0 Å². The van der Waals surface area contributed by atoms with Gasteiger partial charge >= 0.3 is 5.97 Å². The molecule has 0 bridgehead atoms. The molecule has 1 unspecified atom stereocenters. The number of hydrogen-bond acceptors (Lipinski definition) is 4. The number of carbonyl (C=O) groups is 1. The summed E-state index contributed by atoms with van der Waals surface area (Å²) in [6, 6.07) is 6.53. The molecular formula is C14H21NO3. The van der Waals surface area contributed by atoms with Crippen LogP contribution in [0.4, 0.5) is 0 Å². The number of hydrogen-bond donors (Lipinski definition) is 1. The van der Waals surface area contributed by atoms with Crippen LogP contribution in [-0.2, 0) is 9.53 Å². The lowest BCUT2D eigenvalue weighted by Gasteiger charge is -2.12. The van der Waals surface area contributed by atoms with Crippen LogP contribution in [0.15, 0.2) is 24.3 Å². The average molecular weight is 251 g/mol. The molecule has 1 rings (SSSR count). The zero-order valence-electron chi connectivity index (χ0n) is 11.0. The number of esters is 1. The van der Waals surface area contributed by atoms with Crippen LogP contribution in [-0.4, -0.2) is 19.2 Å². The minimum absolute atomic E-state index is 0.333. The molecule has 100 valence electrons. The Morgan fingerprint density at radius 3 is 2.83 bits per heavy atom. The van der Waals surface area contributed by atoms with E-state index in [0.29, 0.717) is 18.8 Å². The molecule has 18 heavy (non-hydrogen) atoms. The Hall–Kier alpha value is -1.55. The molecule has 0 saturated heterocycles. The molecule has 0 spiro atoms. The minimum atomic E-state index is -0.750. The van der Waals surface area contributed by atoms with Crippen LogP contribution in [0.1, 0.15) is 38.3 Å². The highest BCUT2D eigenvalue weighted by molar-refractivity contribution is 5.77. The van der Waals surface area contributed by atoms with E-state index in [1.54, 1.807) is 19.1 Å². The van der Waals surface area contributed by atoms with Gasteiger partial charge in [-0.25, -0.2) is 4.79 Å². The Morgan fingerprint density at radius 1 is 1.39 bits per heavy atom. The maximum Gasteiger partial charge on any atom is 0.327 e. The van der Waals surface area contributed by atoms with E-state index in [1.807, 2.05) is 12.1 Å². The molecule has 0 heterocycles. The van der Waals surface area contributed by atoms with Gasteiger partial charge in [-0.3, -0.25) is 0 Å². The molecule has 0 aliphatic heterocycles. The van der Waals surface area contributed by atoms with Crippen LogP contribution in [0, 0.1) is 0 Å². The van der Waals surface area contributed by atoms with Gasteiger partial charge in [-0.05, 0) is 31.0 Å². The normalized spacial score (nSPS) is 11.9. The van der Waals surface area contributed by atoms with Crippen molar-refractivity contribution >= 4 is 5.97 Å². The van der Waals surface area contributed by atoms with Crippen LogP contribution in [0.25, 0.3) is 0 Å². The number of benzene rings is 1. The van der Waals surface area contributed by atoms with Crippen molar-refractivity contribution in [3.8, 4) is 5.75 Å². The summed E-state index contributed by atoms with van der Waals surface area (Å²) in [6.45, 7) is 4.87. The first kappa shape index (κ1) is 14.5. The molecule has 4 heteroatoms. The third-order valence-corrected chi connectivity index (χ3v) is 2.52. The quantitative estimate of drug-likeness (QED) is 0.597. The van der Waals surface area contributed by atoms with Gasteiger partial charge in [0.1, 0.15) is 11.8 Å². The molecule has 0 aliphatic carbocycles. The van der Waals surface area contributed by atoms with E-state index in [-0.39, 0.29) is 0 Å². The van der Waals surface area contributed by atoms with Gasteiger partial charge in [-0.15, -0.1) is 0 Å². The zero-order valence-corrected chi connectivity index (χ0v) is 11.0. The molecule has 2 N–H and O–H groups in total. The fourth-order valence-electron chi connectivity index (χ4n) is 1.50. The molecule has 0 amide bonds. The van der Waals surface area contributed by atoms with Crippen molar-refractivity contribution < 1.29 is 14.3 Å². The third-order valence-electron chi connectivity index (χ3n) is 2.52. The van der Waals surface area contributed by atoms with E-state index in [4.69, 9.17) is 15.2 Å². The van der Waals surface area contributed by atoms with Crippen molar-refractivity contribution in [2.45, 2.75) is 32.7 Å². The SMILES string of the molecule is CCCCOc1cccc(C(N)C(=O)OCC)c1. The summed E-state index contributed by atoms with van der Waals surface area (Å²) >= 11 is 0. The Bertz CT molecular complexity index is 379. The van der Waals surface area contributed by atoms with Gasteiger partial charge in [-0.2, -0.15) is 0 Å². The monoisotopic (exact) mass is 251 g/mol. The van der Waals surface area contributed by atoms with E-state index in [2.05, 4.69) is 6.92 Å². The summed E-state index contributed by atoms with van der Waals surface area (Å²) in [5.74, 6) is 0.323. The summed E-state index contributed by atoms with van der Waals surface area (Å²) in [6.07, 6.45) is 2.09. The number of nitrogens with two attached hydrogens (primary N) is 1. The molecule has 1 aromatic rings. The molecule has 1 atom stereocenters. The summed E-state index contributed by atoms with van der Waals surface area (Å²) < 4.78 is 10.5. The molecule has 0 fully saturated rings. The highest BCUT2D eigenvalue weighted by atomic mass is 16.5. The topological polar surface area (TPSA) is 61.5 Å². The van der Waals surface area contributed by atoms with E-state index in [1.165, 1.54) is 0 Å². The predicted molar refractivity (Wildman–Crippen MR) is 70.4 cm³/mol. The van der Waals surface area contributed by atoms with Crippen LogP contribution in [0.3, 0.4) is 0 Å². The highest BCUT2D eigenvalue weighted by Crippen LogP contribution is 2.19. The van der Waals surface area contributed by atoms with Gasteiger partial charge in [0.15, 0.2) is 0 Å². The van der Waals surface area contributed by atoms with Crippen LogP contribution in [0.5, 0.6) is 5.75 Å². The minimum Gasteiger partial charge on any atom is -0.494 e. The first-order valence-corrected chi connectivity index (χ1v) is 6.34. The van der Waals surface area contributed by atoms with Gasteiger partial charge < -0.3 is 15.2 Å². The van der Waals surface area contributed by atoms with Crippen molar-refractivity contribution in [1.82, 2.24) is 0 Å². The van der Waals surface area contributed by atoms with Gasteiger partial charge in [-0.1, -0.05) is 25.5 Å². The summed E-state index contributed by atoms with van der Waals surface area (Å²) in [5, 5.41) is 0. The van der Waals surface area contributed by atoms with Crippen molar-refractivity contribution in [3.05, 3.63) is 29.8 Å². The smallest absolute Gasteiger partial charge is 0.327 e. The molecular weight excluding hydrogens is 230 g/mol. The van der Waals surface area contributed by atoms with Crippen LogP contribution >= 0.6 is 0 Å². The Kier molecular flexibility index (Phi) is 6.22. The van der Waals surface area contributed by atoms with Crippen molar-refractivity contribution in [2.24, 2.45) is 5.73 Å². The fourth-order valence-corrected chi connectivity index (χ4v) is 1.50. The van der Waals surface area contributed by atoms with E-state index < -0.39 is 12.0 Å². The second-order valence-corrected chi connectivity index (χ2v) is 4.00. The lowest BCUT2D eigenvalue weighted by atomic mass is 10.1. The van der Waals surface area contributed by atoms with Crippen molar-refractivity contribution in [2.75, 3.05) is 13.2 Å². The Balaban J connectivity index is 2.65. The molecule has 4 nitrogen and oxygen atoms in total. The van der Waals surface area contributed by atoms with Crippen molar-refractivity contribution in [3.63, 3.8) is 0 Å². The number of ether oxygens (including phenoxy) is 2. The van der Waals surface area contributed by atoms with Crippen LogP contribution in [0.2, 0.25) is 0 Å². The largest absolute Gasteiger partial charge is 0.494 e. The predicted octanol–water partition coefficient (Wildman–Crippen LogP) is 2.43. The number of carbonyl (C=O) groups excluding carboxylic acids is 1. The fraction of sp³-hybridized carbons (Fsp3) is 0.500. The first-order chi connectivity index (χ1) is 8.69. The highest BCUT2D eigenvalue weighted by Gasteiger charge is 2.17. The second kappa shape index (κ2) is 7.71. The first-order valence-electron chi connectivity index (χ1n) is 6.34. The molecule has 0 aromatic heterocycles. The standard InChI is InChI=1S/C14H21NO3/c1-3-5-9-18-12-8-6-7-11(10-12)13(15)14(16)17-4-2/h6-8,10,13H,3-5,9,15H2,1-2H3. The Morgan fingerprint density at radius 2 is 2.17 bits per heavy atom. The second-order valence-electron chi connectivity index (χ2n) is 4.00. The van der Waals surface area contributed by atoms with Crippen LogP contribution < -0.4 is 10.5 Å². The van der Waals surface area contributed by atoms with Gasteiger partial charge in [0, 0.05) is 0 Å². The maximum atomic E-state index is 11.5. The van der Waals surface area contributed by atoms with E-state index in [9.17, 15) is 4.79 Å². The number of rotatable bonds is 7. The summed E-state index contributed by atoms with van der Waals surface area (Å²) in [5.41, 5.74) is 6.53. The van der Waals surface area contributed by atoms with E-state index >= 15 is 0 Å². The average Bonchev–Trinajstić information content (AvgIpc) is 2.39.